The van der Waals surface area contributed by atoms with Crippen molar-refractivity contribution < 1.29 is 14.2 Å². The summed E-state index contributed by atoms with van der Waals surface area (Å²) in [6, 6.07) is 17.6. The van der Waals surface area contributed by atoms with Gasteiger partial charge in [0, 0.05) is 17.7 Å². The average Bonchev–Trinajstić information content (AvgIpc) is 3.22. The molecule has 4 atom stereocenters. The number of hydrogen-bond donors (Lipinski definition) is 3. The molecular formula is C26H30N5O2+. The summed E-state index contributed by atoms with van der Waals surface area (Å²) in [5.41, 5.74) is 2.19. The zero-order chi connectivity index (χ0) is 23.1. The predicted molar refractivity (Wildman–Crippen MR) is 129 cm³/mol. The quantitative estimate of drug-likeness (QED) is 0.510. The number of rotatable bonds is 6. The Kier molecular flexibility index (Phi) is 5.50. The molecule has 33 heavy (non-hydrogen) atoms. The molecule has 0 radical (unpaired) electrons. The first kappa shape index (κ1) is 21.4. The van der Waals surface area contributed by atoms with Crippen LogP contribution in [0, 0.1) is 0 Å². The Bertz CT molecular complexity index is 1230. The Hall–Kier alpha value is -3.45. The highest BCUT2D eigenvalue weighted by atomic mass is 16.2. The lowest BCUT2D eigenvalue weighted by Gasteiger charge is -2.33. The number of benzene rings is 2. The fourth-order valence-corrected chi connectivity index (χ4v) is 4.94. The van der Waals surface area contributed by atoms with Crippen LogP contribution in [0.5, 0.6) is 0 Å². The van der Waals surface area contributed by atoms with Gasteiger partial charge in [0.2, 0.25) is 5.91 Å². The van der Waals surface area contributed by atoms with Crippen LogP contribution in [0.15, 0.2) is 60.8 Å². The van der Waals surface area contributed by atoms with E-state index in [1.165, 1.54) is 10.8 Å². The fourth-order valence-electron chi connectivity index (χ4n) is 4.94. The lowest BCUT2D eigenvalue weighted by atomic mass is 10.0. The number of anilines is 2. The van der Waals surface area contributed by atoms with Crippen molar-refractivity contribution in [1.29, 1.82) is 0 Å². The lowest BCUT2D eigenvalue weighted by Crippen LogP contribution is -2.67. The maximum absolute atomic E-state index is 13.7. The number of hydrogen-bond acceptors (Lipinski definition) is 4. The molecule has 2 aliphatic rings. The molecule has 7 heteroatoms. The van der Waals surface area contributed by atoms with Gasteiger partial charge in [0.05, 0.1) is 18.8 Å². The molecule has 0 spiro atoms. The zero-order valence-corrected chi connectivity index (χ0v) is 19.2. The SMILES string of the molecule is CN[C@@H](C)C(=O)N[C@@H]1C(=O)N2c3c(ccc[n+]3C1C)C[C@H]2CNc1ccc2ccccc2c1. The number of likely N-dealkylation sites (N-methyl/N-ethyl adjacent to an activating group) is 1. The smallest absolute Gasteiger partial charge is 0.336 e. The molecule has 2 amide bonds. The molecule has 1 unspecified atom stereocenters. The first-order chi connectivity index (χ1) is 16.0. The fraction of sp³-hybridized carbons (Fsp3) is 0.346. The van der Waals surface area contributed by atoms with Crippen LogP contribution in [-0.4, -0.2) is 43.5 Å². The molecule has 0 saturated carbocycles. The molecule has 0 fully saturated rings. The Morgan fingerprint density at radius 1 is 1.15 bits per heavy atom. The van der Waals surface area contributed by atoms with Gasteiger partial charge in [0.25, 0.3) is 5.82 Å². The maximum Gasteiger partial charge on any atom is 0.336 e. The van der Waals surface area contributed by atoms with E-state index in [0.29, 0.717) is 6.54 Å². The maximum atomic E-state index is 13.7. The van der Waals surface area contributed by atoms with E-state index in [1.807, 2.05) is 36.2 Å². The van der Waals surface area contributed by atoms with Gasteiger partial charge in [-0.15, -0.1) is 0 Å². The summed E-state index contributed by atoms with van der Waals surface area (Å²) in [7, 11) is 1.74. The van der Waals surface area contributed by atoms with Crippen LogP contribution in [0.3, 0.4) is 0 Å². The van der Waals surface area contributed by atoms with Gasteiger partial charge in [-0.2, -0.15) is 4.90 Å². The number of nitrogens with one attached hydrogen (secondary N) is 3. The van der Waals surface area contributed by atoms with Crippen molar-refractivity contribution in [2.75, 3.05) is 23.8 Å². The summed E-state index contributed by atoms with van der Waals surface area (Å²) in [4.78, 5) is 28.1. The molecule has 7 nitrogen and oxygen atoms in total. The lowest BCUT2D eigenvalue weighted by molar-refractivity contribution is -0.710. The van der Waals surface area contributed by atoms with E-state index < -0.39 is 6.04 Å². The third-order valence-electron chi connectivity index (χ3n) is 6.96. The Balaban J connectivity index is 1.40. The summed E-state index contributed by atoms with van der Waals surface area (Å²) < 4.78 is 2.13. The Labute approximate surface area is 193 Å². The molecule has 3 heterocycles. The van der Waals surface area contributed by atoms with E-state index in [0.717, 1.165) is 23.5 Å². The minimum atomic E-state index is -0.609. The number of pyridine rings is 1. The summed E-state index contributed by atoms with van der Waals surface area (Å²) in [6.07, 6.45) is 2.78. The molecule has 2 aromatic carbocycles. The normalized spacial score (nSPS) is 22.2. The average molecular weight is 445 g/mol. The first-order valence-electron chi connectivity index (χ1n) is 11.5. The number of aromatic nitrogens is 1. The third kappa shape index (κ3) is 3.72. The van der Waals surface area contributed by atoms with Crippen LogP contribution in [0.25, 0.3) is 10.8 Å². The second-order valence-corrected chi connectivity index (χ2v) is 9.01. The van der Waals surface area contributed by atoms with Crippen molar-refractivity contribution in [2.24, 2.45) is 0 Å². The van der Waals surface area contributed by atoms with Crippen molar-refractivity contribution in [3.63, 3.8) is 0 Å². The standard InChI is InChI=1S/C26H29N5O2/c1-16(27-3)24(32)29-23-17(2)30-12-6-9-20-14-22(31(25(20)30)26(23)33)15-28-21-11-10-18-7-4-5-8-19(18)13-21/h4-13,16-17,22-23,27-28H,14-15H2,1-3H3/p+1/t16-,17?,22-,23-/m0/s1. The van der Waals surface area contributed by atoms with E-state index in [9.17, 15) is 9.59 Å². The van der Waals surface area contributed by atoms with E-state index >= 15 is 0 Å². The minimum absolute atomic E-state index is 0.0266. The van der Waals surface area contributed by atoms with Gasteiger partial charge < -0.3 is 16.0 Å². The molecule has 1 aromatic heterocycles. The summed E-state index contributed by atoms with van der Waals surface area (Å²) in [5.74, 6) is 0.731. The van der Waals surface area contributed by atoms with Gasteiger partial charge in [-0.1, -0.05) is 30.3 Å². The summed E-state index contributed by atoms with van der Waals surface area (Å²) in [5, 5.41) is 11.8. The topological polar surface area (TPSA) is 77.4 Å². The van der Waals surface area contributed by atoms with Crippen molar-refractivity contribution in [3.05, 3.63) is 66.4 Å². The van der Waals surface area contributed by atoms with Crippen molar-refractivity contribution in [1.82, 2.24) is 10.6 Å². The van der Waals surface area contributed by atoms with Gasteiger partial charge in [0.15, 0.2) is 6.04 Å². The second kappa shape index (κ2) is 8.48. The highest BCUT2D eigenvalue weighted by Gasteiger charge is 2.53. The van der Waals surface area contributed by atoms with Gasteiger partial charge in [-0.3, -0.25) is 4.79 Å². The Morgan fingerprint density at radius 3 is 2.73 bits per heavy atom. The van der Waals surface area contributed by atoms with Crippen LogP contribution in [-0.2, 0) is 16.0 Å². The number of amides is 2. The summed E-state index contributed by atoms with van der Waals surface area (Å²) in [6.45, 7) is 4.41. The molecule has 170 valence electrons. The molecule has 0 aliphatic carbocycles. The predicted octanol–water partition coefficient (Wildman–Crippen LogP) is 2.16. The third-order valence-corrected chi connectivity index (χ3v) is 6.96. The van der Waals surface area contributed by atoms with Crippen LogP contribution in [0.4, 0.5) is 11.5 Å². The van der Waals surface area contributed by atoms with Crippen molar-refractivity contribution in [2.45, 2.75) is 44.4 Å². The Morgan fingerprint density at radius 2 is 1.94 bits per heavy atom. The van der Waals surface area contributed by atoms with E-state index in [1.54, 1.807) is 14.0 Å². The van der Waals surface area contributed by atoms with Gasteiger partial charge in [-0.05, 0) is 55.9 Å². The molecule has 5 rings (SSSR count). The van der Waals surface area contributed by atoms with Crippen LogP contribution >= 0.6 is 0 Å². The van der Waals surface area contributed by atoms with Gasteiger partial charge in [-0.25, -0.2) is 9.36 Å². The summed E-state index contributed by atoms with van der Waals surface area (Å²) >= 11 is 0. The zero-order valence-electron chi connectivity index (χ0n) is 19.2. The number of carbonyl (C=O) groups excluding carboxylic acids is 2. The molecule has 0 bridgehead atoms. The molecule has 3 N–H and O–H groups in total. The van der Waals surface area contributed by atoms with E-state index in [4.69, 9.17) is 0 Å². The van der Waals surface area contributed by atoms with Crippen LogP contribution < -0.4 is 25.4 Å². The highest BCUT2D eigenvalue weighted by Crippen LogP contribution is 2.34. The van der Waals surface area contributed by atoms with Crippen LogP contribution in [0.2, 0.25) is 0 Å². The van der Waals surface area contributed by atoms with E-state index in [-0.39, 0.29) is 29.9 Å². The molecule has 3 aromatic rings. The largest absolute Gasteiger partial charge is 0.381 e. The first-order valence-corrected chi connectivity index (χ1v) is 11.5. The monoisotopic (exact) mass is 444 g/mol. The van der Waals surface area contributed by atoms with Gasteiger partial charge >= 0.3 is 5.91 Å². The molecular weight excluding hydrogens is 414 g/mol. The minimum Gasteiger partial charge on any atom is -0.381 e. The molecule has 2 aliphatic heterocycles. The van der Waals surface area contributed by atoms with Crippen LogP contribution in [0.1, 0.15) is 25.5 Å². The number of nitrogens with zero attached hydrogens (tertiary/aromatic N) is 2. The second-order valence-electron chi connectivity index (χ2n) is 9.01. The molecule has 0 saturated heterocycles. The van der Waals surface area contributed by atoms with E-state index in [2.05, 4.69) is 56.9 Å². The van der Waals surface area contributed by atoms with Crippen molar-refractivity contribution in [3.8, 4) is 0 Å². The number of fused-ring (bicyclic) bond motifs is 1. The van der Waals surface area contributed by atoms with Crippen molar-refractivity contribution >= 4 is 34.1 Å². The van der Waals surface area contributed by atoms with Gasteiger partial charge in [0.1, 0.15) is 12.1 Å². The number of carbonyl (C=O) groups is 2. The highest BCUT2D eigenvalue weighted by molar-refractivity contribution is 6.01.